The van der Waals surface area contributed by atoms with E-state index in [1.807, 2.05) is 41.5 Å². The molecule has 0 heterocycles. The Labute approximate surface area is 188 Å². The Hall–Kier alpha value is -0.138. The predicted octanol–water partition coefficient (Wildman–Crippen LogP) is 3.87. The van der Waals surface area contributed by atoms with Gasteiger partial charge in [0.05, 0.1) is 0 Å². The van der Waals surface area contributed by atoms with Crippen molar-refractivity contribution >= 4 is 39.2 Å². The van der Waals surface area contributed by atoms with Crippen LogP contribution >= 0.6 is 0 Å². The van der Waals surface area contributed by atoms with Gasteiger partial charge in [0.1, 0.15) is 0 Å². The Morgan fingerprint density at radius 2 is 0.667 bits per heavy atom. The summed E-state index contributed by atoms with van der Waals surface area (Å²) in [6.45, 7) is 12.2. The first kappa shape index (κ1) is 31.6. The molecule has 0 N–H and O–H groups in total. The average molecular weight is 578 g/mol. The molecule has 0 saturated heterocycles. The molecule has 0 saturated carbocycles. The van der Waals surface area contributed by atoms with Gasteiger partial charge in [0, 0.05) is 22.8 Å². The average Bonchev–Trinajstić information content (AvgIpc) is 2.56. The molecular formula is C22H42O4Pb. The Balaban J connectivity index is -0.000000411. The Bertz CT molecular complexity index is 312. The molecule has 0 atom stereocenters. The van der Waals surface area contributed by atoms with Gasteiger partial charge < -0.3 is 19.8 Å². The van der Waals surface area contributed by atoms with Crippen molar-refractivity contribution in [2.24, 2.45) is 10.8 Å². The summed E-state index contributed by atoms with van der Waals surface area (Å²) in [6, 6.07) is 0. The van der Waals surface area contributed by atoms with Crippen molar-refractivity contribution in [3.63, 3.8) is 0 Å². The molecule has 27 heavy (non-hydrogen) atoms. The van der Waals surface area contributed by atoms with Crippen LogP contribution < -0.4 is 10.2 Å². The van der Waals surface area contributed by atoms with Crippen molar-refractivity contribution in [1.82, 2.24) is 0 Å². The van der Waals surface area contributed by atoms with Gasteiger partial charge in [0.15, 0.2) is 0 Å². The van der Waals surface area contributed by atoms with Crippen molar-refractivity contribution < 1.29 is 19.8 Å². The van der Waals surface area contributed by atoms with Gasteiger partial charge in [-0.2, -0.15) is 0 Å². The van der Waals surface area contributed by atoms with Crippen molar-refractivity contribution in [3.8, 4) is 0 Å². The standard InChI is InChI=1S/2C11H22O2.Pb/c2*1-4-7-11(8-5-2,9-6-3)10(12)13;/h2*4-9H2,1-3H3,(H,12,13);/q;;+2/p-2. The fraction of sp³-hybridized carbons (Fsp3) is 0.909. The summed E-state index contributed by atoms with van der Waals surface area (Å²) in [5, 5.41) is 22.2. The van der Waals surface area contributed by atoms with Gasteiger partial charge in [-0.15, -0.1) is 0 Å². The molecule has 2 radical (unpaired) electrons. The van der Waals surface area contributed by atoms with Crippen molar-refractivity contribution in [2.75, 3.05) is 0 Å². The molecule has 5 heteroatoms. The number of rotatable bonds is 14. The fourth-order valence-electron chi connectivity index (χ4n) is 4.23. The zero-order valence-corrected chi connectivity index (χ0v) is 22.5. The minimum atomic E-state index is -0.849. The maximum atomic E-state index is 11.1. The van der Waals surface area contributed by atoms with E-state index >= 15 is 0 Å². The number of carbonyl (C=O) groups excluding carboxylic acids is 2. The Morgan fingerprint density at radius 3 is 0.741 bits per heavy atom. The van der Waals surface area contributed by atoms with E-state index in [1.54, 1.807) is 0 Å². The van der Waals surface area contributed by atoms with Crippen molar-refractivity contribution in [2.45, 2.75) is 119 Å². The predicted molar refractivity (Wildman–Crippen MR) is 110 cm³/mol. The molecule has 0 aromatic carbocycles. The van der Waals surface area contributed by atoms with Crippen LogP contribution in [0, 0.1) is 10.8 Å². The Morgan fingerprint density at radius 1 is 0.519 bits per heavy atom. The molecule has 158 valence electrons. The summed E-state index contributed by atoms with van der Waals surface area (Å²) < 4.78 is 0. The van der Waals surface area contributed by atoms with E-state index in [4.69, 9.17) is 0 Å². The maximum Gasteiger partial charge on any atom is 2.00 e. The largest absolute Gasteiger partial charge is 2.00 e. The van der Waals surface area contributed by atoms with Crippen LogP contribution in [0.15, 0.2) is 0 Å². The van der Waals surface area contributed by atoms with Crippen LogP contribution in [-0.2, 0) is 9.59 Å². The van der Waals surface area contributed by atoms with Gasteiger partial charge in [0.2, 0.25) is 0 Å². The van der Waals surface area contributed by atoms with Gasteiger partial charge in [-0.25, -0.2) is 0 Å². The zero-order valence-electron chi connectivity index (χ0n) is 18.6. The van der Waals surface area contributed by atoms with E-state index in [0.29, 0.717) is 0 Å². The first-order valence-corrected chi connectivity index (χ1v) is 10.7. The van der Waals surface area contributed by atoms with E-state index in [1.165, 1.54) is 0 Å². The molecule has 0 amide bonds. The summed E-state index contributed by atoms with van der Waals surface area (Å²) in [4.78, 5) is 22.2. The van der Waals surface area contributed by atoms with Crippen LogP contribution in [0.1, 0.15) is 119 Å². The molecule has 0 aromatic heterocycles. The quantitative estimate of drug-likeness (QED) is 0.294. The summed E-state index contributed by atoms with van der Waals surface area (Å²) in [5.41, 5.74) is -1.09. The first-order chi connectivity index (χ1) is 12.3. The van der Waals surface area contributed by atoms with E-state index < -0.39 is 22.8 Å². The number of hydrogen-bond acceptors (Lipinski definition) is 4. The number of carbonyl (C=O) groups is 2. The van der Waals surface area contributed by atoms with Gasteiger partial charge in [0.25, 0.3) is 0 Å². The second kappa shape index (κ2) is 17.9. The van der Waals surface area contributed by atoms with Gasteiger partial charge in [-0.05, 0) is 38.5 Å². The second-order valence-corrected chi connectivity index (χ2v) is 7.64. The minimum Gasteiger partial charge on any atom is -0.550 e. The Kier molecular flexibility index (Phi) is 21.0. The monoisotopic (exact) mass is 578 g/mol. The van der Waals surface area contributed by atoms with Gasteiger partial charge in [-0.1, -0.05) is 80.1 Å². The van der Waals surface area contributed by atoms with Crippen LogP contribution in [0.2, 0.25) is 0 Å². The topological polar surface area (TPSA) is 80.3 Å². The molecule has 0 fully saturated rings. The van der Waals surface area contributed by atoms with Crippen LogP contribution in [0.25, 0.3) is 0 Å². The van der Waals surface area contributed by atoms with E-state index in [2.05, 4.69) is 0 Å². The van der Waals surface area contributed by atoms with E-state index in [0.717, 1.165) is 77.0 Å². The smallest absolute Gasteiger partial charge is 0.550 e. The number of carboxylic acids is 2. The molecule has 4 nitrogen and oxygen atoms in total. The third kappa shape index (κ3) is 11.5. The molecular weight excluding hydrogens is 535 g/mol. The molecule has 0 aromatic rings. The normalized spacial score (nSPS) is 11.2. The van der Waals surface area contributed by atoms with Crippen LogP contribution in [0.3, 0.4) is 0 Å². The summed E-state index contributed by atoms with van der Waals surface area (Å²) in [6.07, 6.45) is 10.1. The molecule has 0 aliphatic rings. The molecule has 0 aliphatic carbocycles. The summed E-state index contributed by atoms with van der Waals surface area (Å²) >= 11 is 0. The van der Waals surface area contributed by atoms with Crippen molar-refractivity contribution in [1.29, 1.82) is 0 Å². The number of aliphatic carboxylic acids is 2. The van der Waals surface area contributed by atoms with Gasteiger partial charge >= 0.3 is 27.3 Å². The molecule has 0 spiro atoms. The molecule has 0 rings (SSSR count). The SMILES string of the molecule is CCCC(CCC)(CCC)C(=O)[O-].CCCC(CCC)(CCC)C(=O)[O-].[Pb+2]. The second-order valence-electron chi connectivity index (χ2n) is 7.64. The van der Waals surface area contributed by atoms with Crippen molar-refractivity contribution in [3.05, 3.63) is 0 Å². The summed E-state index contributed by atoms with van der Waals surface area (Å²) in [5.74, 6) is -1.70. The number of hydrogen-bond donors (Lipinski definition) is 0. The molecule has 0 bridgehead atoms. The zero-order chi connectivity index (χ0) is 20.6. The van der Waals surface area contributed by atoms with E-state index in [-0.39, 0.29) is 27.3 Å². The van der Waals surface area contributed by atoms with Crippen LogP contribution in [-0.4, -0.2) is 39.2 Å². The third-order valence-corrected chi connectivity index (χ3v) is 5.24. The molecule has 0 aliphatic heterocycles. The van der Waals surface area contributed by atoms with E-state index in [9.17, 15) is 19.8 Å². The first-order valence-electron chi connectivity index (χ1n) is 10.7. The fourth-order valence-corrected chi connectivity index (χ4v) is 4.23. The maximum absolute atomic E-state index is 11.1. The van der Waals surface area contributed by atoms with Crippen LogP contribution in [0.5, 0.6) is 0 Å². The summed E-state index contributed by atoms with van der Waals surface area (Å²) in [7, 11) is 0. The van der Waals surface area contributed by atoms with Gasteiger partial charge in [-0.3, -0.25) is 0 Å². The van der Waals surface area contributed by atoms with Crippen LogP contribution in [0.4, 0.5) is 0 Å². The minimum absolute atomic E-state index is 0. The third-order valence-electron chi connectivity index (χ3n) is 5.24. The number of carboxylic acid groups (broad SMARTS) is 2. The molecule has 0 unspecified atom stereocenters.